The lowest BCUT2D eigenvalue weighted by Crippen LogP contribution is -2.02. The molecular weight excluding hydrogens is 124 g/mol. The number of carbonyl (C=O) groups is 1. The lowest BCUT2D eigenvalue weighted by Gasteiger charge is -2.09. The predicted molar refractivity (Wildman–Crippen MR) is 41.8 cm³/mol. The van der Waals surface area contributed by atoms with E-state index in [-0.39, 0.29) is 0 Å². The van der Waals surface area contributed by atoms with E-state index in [1.54, 1.807) is 0 Å². The van der Waals surface area contributed by atoms with E-state index in [1.807, 2.05) is 0 Å². The van der Waals surface area contributed by atoms with E-state index in [9.17, 15) is 4.79 Å². The Hall–Kier alpha value is -0.590. The Balaban J connectivity index is 2.34. The van der Waals surface area contributed by atoms with Gasteiger partial charge in [-0.2, -0.15) is 0 Å². The average Bonchev–Trinajstić information content (AvgIpc) is 1.87. The summed E-state index contributed by atoms with van der Waals surface area (Å²) in [4.78, 5) is 10.4. The zero-order valence-electron chi connectivity index (χ0n) is 6.25. The van der Waals surface area contributed by atoms with Crippen LogP contribution in [0.4, 0.5) is 0 Å². The molecule has 0 saturated carbocycles. The molecule has 1 aliphatic rings. The molecule has 0 heterocycles. The molecule has 10 heavy (non-hydrogen) atoms. The lowest BCUT2D eigenvalue weighted by molar-refractivity contribution is -0.111. The minimum absolute atomic E-state index is 0.338. The molecule has 1 heteroatoms. The molecule has 0 fully saturated rings. The largest absolute Gasteiger partial charge is 0.303 e. The molecule has 1 aliphatic carbocycles. The van der Waals surface area contributed by atoms with E-state index < -0.39 is 0 Å². The van der Waals surface area contributed by atoms with Crippen LogP contribution >= 0.6 is 0 Å². The molecule has 0 radical (unpaired) electrons. The first-order valence-corrected chi connectivity index (χ1v) is 4.04. The molecule has 1 unspecified atom stereocenters. The third-order valence-corrected chi connectivity index (χ3v) is 2.01. The first kappa shape index (κ1) is 7.52. The van der Waals surface area contributed by atoms with Gasteiger partial charge >= 0.3 is 0 Å². The van der Waals surface area contributed by atoms with Crippen LogP contribution in [0.2, 0.25) is 0 Å². The highest BCUT2D eigenvalue weighted by atomic mass is 16.1. The molecule has 0 spiro atoms. The van der Waals surface area contributed by atoms with Gasteiger partial charge < -0.3 is 4.79 Å². The SMILES string of the molecule is O=CC1CCC=CCCC1. The lowest BCUT2D eigenvalue weighted by atomic mass is 9.96. The van der Waals surface area contributed by atoms with Gasteiger partial charge in [-0.3, -0.25) is 0 Å². The van der Waals surface area contributed by atoms with Gasteiger partial charge in [-0.15, -0.1) is 0 Å². The summed E-state index contributed by atoms with van der Waals surface area (Å²) >= 11 is 0. The Morgan fingerprint density at radius 2 is 2.00 bits per heavy atom. The van der Waals surface area contributed by atoms with Crippen molar-refractivity contribution in [2.45, 2.75) is 32.1 Å². The molecule has 0 saturated heterocycles. The summed E-state index contributed by atoms with van der Waals surface area (Å²) in [6.07, 6.45) is 11.1. The number of rotatable bonds is 1. The smallest absolute Gasteiger partial charge is 0.123 e. The zero-order valence-corrected chi connectivity index (χ0v) is 6.25. The van der Waals surface area contributed by atoms with Crippen molar-refractivity contribution in [2.75, 3.05) is 0 Å². The normalized spacial score (nSPS) is 27.0. The van der Waals surface area contributed by atoms with Crippen LogP contribution in [0.25, 0.3) is 0 Å². The van der Waals surface area contributed by atoms with Crippen LogP contribution in [-0.2, 0) is 4.79 Å². The Morgan fingerprint density at radius 3 is 2.80 bits per heavy atom. The summed E-state index contributed by atoms with van der Waals surface area (Å²) in [7, 11) is 0. The predicted octanol–water partition coefficient (Wildman–Crippen LogP) is 2.32. The van der Waals surface area contributed by atoms with Gasteiger partial charge in [-0.05, 0) is 32.1 Å². The first-order chi connectivity index (χ1) is 4.93. The fourth-order valence-electron chi connectivity index (χ4n) is 1.32. The maximum atomic E-state index is 10.4. The summed E-state index contributed by atoms with van der Waals surface area (Å²) in [6, 6.07) is 0. The van der Waals surface area contributed by atoms with Crippen molar-refractivity contribution >= 4 is 6.29 Å². The molecule has 0 aromatic carbocycles. The maximum absolute atomic E-state index is 10.4. The minimum atomic E-state index is 0.338. The number of hydrogen-bond donors (Lipinski definition) is 0. The highest BCUT2D eigenvalue weighted by Crippen LogP contribution is 2.15. The highest BCUT2D eigenvalue weighted by molar-refractivity contribution is 5.53. The first-order valence-electron chi connectivity index (χ1n) is 4.04. The number of hydrogen-bond acceptors (Lipinski definition) is 1. The van der Waals surface area contributed by atoms with E-state index in [0.717, 1.165) is 32.0 Å². The van der Waals surface area contributed by atoms with Crippen LogP contribution in [0.3, 0.4) is 0 Å². The fourth-order valence-corrected chi connectivity index (χ4v) is 1.32. The van der Waals surface area contributed by atoms with E-state index in [1.165, 1.54) is 6.42 Å². The second kappa shape index (κ2) is 4.26. The van der Waals surface area contributed by atoms with Gasteiger partial charge in [0.15, 0.2) is 0 Å². The standard InChI is InChI=1S/C9H14O/c10-8-9-6-4-2-1-3-5-7-9/h1-2,8-9H,3-7H2. The molecule has 0 aromatic heterocycles. The van der Waals surface area contributed by atoms with E-state index >= 15 is 0 Å². The summed E-state index contributed by atoms with van der Waals surface area (Å²) < 4.78 is 0. The van der Waals surface area contributed by atoms with E-state index in [0.29, 0.717) is 5.92 Å². The Bertz CT molecular complexity index is 127. The third kappa shape index (κ3) is 2.34. The van der Waals surface area contributed by atoms with Crippen molar-refractivity contribution in [3.63, 3.8) is 0 Å². The van der Waals surface area contributed by atoms with Crippen LogP contribution in [0.5, 0.6) is 0 Å². The second-order valence-electron chi connectivity index (χ2n) is 2.88. The summed E-state index contributed by atoms with van der Waals surface area (Å²) in [5, 5.41) is 0. The molecular formula is C9H14O. The van der Waals surface area contributed by atoms with Gasteiger partial charge in [-0.1, -0.05) is 12.2 Å². The van der Waals surface area contributed by atoms with Crippen molar-refractivity contribution in [1.29, 1.82) is 0 Å². The average molecular weight is 138 g/mol. The van der Waals surface area contributed by atoms with Gasteiger partial charge in [0.05, 0.1) is 0 Å². The molecule has 0 aliphatic heterocycles. The number of carbonyl (C=O) groups excluding carboxylic acids is 1. The Kier molecular flexibility index (Phi) is 3.20. The minimum Gasteiger partial charge on any atom is -0.303 e. The maximum Gasteiger partial charge on any atom is 0.123 e. The van der Waals surface area contributed by atoms with Crippen molar-refractivity contribution in [2.24, 2.45) is 5.92 Å². The topological polar surface area (TPSA) is 17.1 Å². The molecule has 0 aromatic rings. The van der Waals surface area contributed by atoms with Crippen LogP contribution < -0.4 is 0 Å². The van der Waals surface area contributed by atoms with Gasteiger partial charge in [-0.25, -0.2) is 0 Å². The Morgan fingerprint density at radius 1 is 1.20 bits per heavy atom. The molecule has 56 valence electrons. The van der Waals surface area contributed by atoms with E-state index in [2.05, 4.69) is 12.2 Å². The Labute approximate surface area is 62.1 Å². The summed E-state index contributed by atoms with van der Waals surface area (Å²) in [6.45, 7) is 0. The van der Waals surface area contributed by atoms with Crippen LogP contribution in [0.15, 0.2) is 12.2 Å². The molecule has 1 nitrogen and oxygen atoms in total. The molecule has 0 amide bonds. The zero-order chi connectivity index (χ0) is 7.23. The fraction of sp³-hybridized carbons (Fsp3) is 0.667. The van der Waals surface area contributed by atoms with Crippen LogP contribution in [-0.4, -0.2) is 6.29 Å². The van der Waals surface area contributed by atoms with E-state index in [4.69, 9.17) is 0 Å². The summed E-state index contributed by atoms with van der Waals surface area (Å²) in [5.41, 5.74) is 0. The van der Waals surface area contributed by atoms with Crippen molar-refractivity contribution < 1.29 is 4.79 Å². The van der Waals surface area contributed by atoms with Crippen molar-refractivity contribution in [3.05, 3.63) is 12.2 Å². The second-order valence-corrected chi connectivity index (χ2v) is 2.88. The molecule has 1 rings (SSSR count). The van der Waals surface area contributed by atoms with Gasteiger partial charge in [0.25, 0.3) is 0 Å². The van der Waals surface area contributed by atoms with Gasteiger partial charge in [0.1, 0.15) is 6.29 Å². The van der Waals surface area contributed by atoms with Crippen molar-refractivity contribution in [1.82, 2.24) is 0 Å². The van der Waals surface area contributed by atoms with Gasteiger partial charge in [0, 0.05) is 5.92 Å². The number of allylic oxidation sites excluding steroid dienone is 2. The quantitative estimate of drug-likeness (QED) is 0.401. The van der Waals surface area contributed by atoms with Crippen LogP contribution in [0, 0.1) is 5.92 Å². The van der Waals surface area contributed by atoms with Crippen molar-refractivity contribution in [3.8, 4) is 0 Å². The molecule has 1 atom stereocenters. The molecule has 0 N–H and O–H groups in total. The highest BCUT2D eigenvalue weighted by Gasteiger charge is 2.06. The number of aldehydes is 1. The monoisotopic (exact) mass is 138 g/mol. The third-order valence-electron chi connectivity index (χ3n) is 2.01. The molecule has 0 bridgehead atoms. The van der Waals surface area contributed by atoms with Gasteiger partial charge in [0.2, 0.25) is 0 Å². The summed E-state index contributed by atoms with van der Waals surface area (Å²) in [5.74, 6) is 0.338. The van der Waals surface area contributed by atoms with Crippen LogP contribution in [0.1, 0.15) is 32.1 Å².